The number of pyridine rings is 1. The van der Waals surface area contributed by atoms with Crippen LogP contribution in [-0.2, 0) is 22.6 Å². The van der Waals surface area contributed by atoms with E-state index in [0.29, 0.717) is 36.1 Å². The summed E-state index contributed by atoms with van der Waals surface area (Å²) in [6.45, 7) is 5.44. The quantitative estimate of drug-likeness (QED) is 0.722. The number of hydrogen-bond acceptors (Lipinski definition) is 4. The average molecular weight is 456 g/mol. The first-order valence-electron chi connectivity index (χ1n) is 9.93. The Morgan fingerprint density at radius 2 is 1.90 bits per heavy atom. The summed E-state index contributed by atoms with van der Waals surface area (Å²) >= 11 is 0. The number of hydrogen-bond donors (Lipinski definition) is 1. The van der Waals surface area contributed by atoms with Gasteiger partial charge < -0.3 is 5.32 Å². The number of anilines is 2. The Labute approximate surface area is 179 Å². The highest BCUT2D eigenvalue weighted by molar-refractivity contribution is 7.93. The molecule has 1 saturated heterocycles. The Morgan fingerprint density at radius 1 is 1.19 bits per heavy atom. The minimum Gasteiger partial charge on any atom is -0.322 e. The number of carbonyl (C=O) groups is 1. The van der Waals surface area contributed by atoms with E-state index in [2.05, 4.69) is 10.3 Å². The minimum atomic E-state index is -4.54. The number of sulfonamides is 1. The van der Waals surface area contributed by atoms with Gasteiger partial charge in [0.1, 0.15) is 5.82 Å². The van der Waals surface area contributed by atoms with Crippen LogP contribution in [0.2, 0.25) is 0 Å². The van der Waals surface area contributed by atoms with Gasteiger partial charge in [0.15, 0.2) is 0 Å². The second-order valence-electron chi connectivity index (χ2n) is 7.60. The molecular formula is C21H24F3N3O3S. The van der Waals surface area contributed by atoms with Crippen LogP contribution in [-0.4, -0.2) is 31.6 Å². The number of alkyl halides is 3. The first-order valence-corrected chi connectivity index (χ1v) is 11.5. The lowest BCUT2D eigenvalue weighted by Gasteiger charge is -2.19. The van der Waals surface area contributed by atoms with Crippen molar-refractivity contribution in [2.24, 2.45) is 0 Å². The van der Waals surface area contributed by atoms with Gasteiger partial charge in [0.05, 0.1) is 11.3 Å². The molecule has 0 bridgehead atoms. The minimum absolute atomic E-state index is 0.00751. The number of nitrogens with one attached hydrogen (secondary N) is 1. The van der Waals surface area contributed by atoms with Crippen molar-refractivity contribution in [3.05, 3.63) is 52.2 Å². The highest BCUT2D eigenvalue weighted by Crippen LogP contribution is 2.33. The Bertz CT molecular complexity index is 1110. The SMILES string of the molecule is CCCc1cc(NC(=O)c2cc(N3CCCS3(=O)=O)nc(C)c2C)cc(C(F)(F)F)c1. The zero-order valence-electron chi connectivity index (χ0n) is 17.5. The third-order valence-corrected chi connectivity index (χ3v) is 7.06. The van der Waals surface area contributed by atoms with Crippen molar-refractivity contribution in [2.45, 2.75) is 46.2 Å². The van der Waals surface area contributed by atoms with Gasteiger partial charge in [0.2, 0.25) is 10.0 Å². The van der Waals surface area contributed by atoms with Gasteiger partial charge in [-0.1, -0.05) is 13.3 Å². The van der Waals surface area contributed by atoms with Gasteiger partial charge in [-0.05, 0) is 62.1 Å². The van der Waals surface area contributed by atoms with E-state index in [9.17, 15) is 26.4 Å². The van der Waals surface area contributed by atoms with E-state index in [-0.39, 0.29) is 29.4 Å². The van der Waals surface area contributed by atoms with Crippen LogP contribution >= 0.6 is 0 Å². The molecule has 0 radical (unpaired) electrons. The summed E-state index contributed by atoms with van der Waals surface area (Å²) in [5, 5.41) is 2.54. The molecule has 0 spiro atoms. The smallest absolute Gasteiger partial charge is 0.322 e. The lowest BCUT2D eigenvalue weighted by molar-refractivity contribution is -0.137. The monoisotopic (exact) mass is 455 g/mol. The van der Waals surface area contributed by atoms with Crippen LogP contribution in [0.25, 0.3) is 0 Å². The second-order valence-corrected chi connectivity index (χ2v) is 9.61. The molecule has 3 rings (SSSR count). The van der Waals surface area contributed by atoms with Gasteiger partial charge in [-0.25, -0.2) is 13.4 Å². The summed E-state index contributed by atoms with van der Waals surface area (Å²) in [6.07, 6.45) is -2.98. The van der Waals surface area contributed by atoms with Gasteiger partial charge in [-0.15, -0.1) is 0 Å². The molecule has 1 N–H and O–H groups in total. The molecule has 2 heterocycles. The van der Waals surface area contributed by atoms with Crippen molar-refractivity contribution >= 4 is 27.4 Å². The molecule has 1 aliphatic rings. The van der Waals surface area contributed by atoms with Crippen LogP contribution < -0.4 is 9.62 Å². The van der Waals surface area contributed by atoms with Gasteiger partial charge >= 0.3 is 6.18 Å². The molecule has 0 atom stereocenters. The van der Waals surface area contributed by atoms with Crippen LogP contribution in [0.1, 0.15) is 52.5 Å². The predicted molar refractivity (Wildman–Crippen MR) is 113 cm³/mol. The van der Waals surface area contributed by atoms with Crippen LogP contribution in [0.15, 0.2) is 24.3 Å². The van der Waals surface area contributed by atoms with Crippen LogP contribution in [0.4, 0.5) is 24.7 Å². The van der Waals surface area contributed by atoms with Gasteiger partial charge in [0, 0.05) is 23.5 Å². The lowest BCUT2D eigenvalue weighted by Crippen LogP contribution is -2.27. The highest BCUT2D eigenvalue weighted by Gasteiger charge is 2.32. The fourth-order valence-corrected chi connectivity index (χ4v) is 5.04. The summed E-state index contributed by atoms with van der Waals surface area (Å²) in [4.78, 5) is 17.3. The number of aromatic nitrogens is 1. The highest BCUT2D eigenvalue weighted by atomic mass is 32.2. The zero-order valence-corrected chi connectivity index (χ0v) is 18.3. The zero-order chi connectivity index (χ0) is 23.0. The maximum absolute atomic E-state index is 13.3. The third kappa shape index (κ3) is 5.00. The van der Waals surface area contributed by atoms with Crippen molar-refractivity contribution in [1.82, 2.24) is 4.98 Å². The van der Waals surface area contributed by atoms with Crippen molar-refractivity contribution in [3.8, 4) is 0 Å². The fraction of sp³-hybridized carbons (Fsp3) is 0.429. The predicted octanol–water partition coefficient (Wildman–Crippen LogP) is 4.46. The number of benzene rings is 1. The third-order valence-electron chi connectivity index (χ3n) is 5.22. The molecule has 168 valence electrons. The van der Waals surface area contributed by atoms with Crippen LogP contribution in [0, 0.1) is 13.8 Å². The molecule has 1 aromatic heterocycles. The first-order chi connectivity index (χ1) is 14.4. The number of aryl methyl sites for hydroxylation is 2. The molecule has 1 aromatic carbocycles. The largest absolute Gasteiger partial charge is 0.416 e. The molecule has 1 amide bonds. The molecule has 6 nitrogen and oxygen atoms in total. The second kappa shape index (κ2) is 8.49. The summed E-state index contributed by atoms with van der Waals surface area (Å²) < 4.78 is 65.5. The Morgan fingerprint density at radius 3 is 2.48 bits per heavy atom. The van der Waals surface area contributed by atoms with E-state index < -0.39 is 27.7 Å². The van der Waals surface area contributed by atoms with Gasteiger partial charge in [-0.2, -0.15) is 13.2 Å². The maximum Gasteiger partial charge on any atom is 0.416 e. The van der Waals surface area contributed by atoms with Gasteiger partial charge in [0.25, 0.3) is 5.91 Å². The van der Waals surface area contributed by atoms with Crippen molar-refractivity contribution < 1.29 is 26.4 Å². The molecule has 2 aromatic rings. The van der Waals surface area contributed by atoms with E-state index in [4.69, 9.17) is 0 Å². The summed E-state index contributed by atoms with van der Waals surface area (Å²) in [6, 6.07) is 4.87. The summed E-state index contributed by atoms with van der Waals surface area (Å²) in [5.74, 6) is -0.475. The normalized spacial score (nSPS) is 15.9. The number of carbonyl (C=O) groups excluding carboxylic acids is 1. The maximum atomic E-state index is 13.3. The molecule has 1 aliphatic heterocycles. The Hall–Kier alpha value is -2.62. The van der Waals surface area contributed by atoms with Crippen molar-refractivity contribution in [3.63, 3.8) is 0 Å². The molecule has 0 saturated carbocycles. The molecule has 0 unspecified atom stereocenters. The van der Waals surface area contributed by atoms with Gasteiger partial charge in [-0.3, -0.25) is 9.10 Å². The Kier molecular flexibility index (Phi) is 6.31. The van der Waals surface area contributed by atoms with E-state index in [0.717, 1.165) is 12.1 Å². The van der Waals surface area contributed by atoms with E-state index in [1.165, 1.54) is 16.4 Å². The number of nitrogens with zero attached hydrogens (tertiary/aromatic N) is 2. The standard InChI is InChI=1S/C21H24F3N3O3S/c1-4-6-15-9-16(21(22,23)24)11-17(10-15)26-20(28)18-12-19(25-14(3)13(18)2)27-7-5-8-31(27,29)30/h9-12H,4-8H2,1-3H3,(H,26,28). The summed E-state index contributed by atoms with van der Waals surface area (Å²) in [5.41, 5.74) is 0.838. The van der Waals surface area contributed by atoms with Crippen molar-refractivity contribution in [1.29, 1.82) is 0 Å². The first kappa shape index (κ1) is 23.1. The Balaban J connectivity index is 1.98. The fourth-order valence-electron chi connectivity index (χ4n) is 3.54. The number of halogens is 3. The van der Waals surface area contributed by atoms with Crippen LogP contribution in [0.3, 0.4) is 0 Å². The van der Waals surface area contributed by atoms with E-state index >= 15 is 0 Å². The molecule has 10 heteroatoms. The lowest BCUT2D eigenvalue weighted by atomic mass is 10.0. The molecule has 1 fully saturated rings. The van der Waals surface area contributed by atoms with E-state index in [1.54, 1.807) is 13.8 Å². The summed E-state index contributed by atoms with van der Waals surface area (Å²) in [7, 11) is -3.49. The molecule has 31 heavy (non-hydrogen) atoms. The number of rotatable bonds is 5. The van der Waals surface area contributed by atoms with Crippen molar-refractivity contribution in [2.75, 3.05) is 21.9 Å². The molecular weight excluding hydrogens is 431 g/mol. The average Bonchev–Trinajstić information content (AvgIpc) is 3.02. The number of amides is 1. The topological polar surface area (TPSA) is 79.4 Å². The molecule has 0 aliphatic carbocycles. The van der Waals surface area contributed by atoms with Crippen LogP contribution in [0.5, 0.6) is 0 Å². The van der Waals surface area contributed by atoms with E-state index in [1.807, 2.05) is 6.92 Å².